The molecule has 8 nitrogen and oxygen atoms in total. The highest BCUT2D eigenvalue weighted by Crippen LogP contribution is 2.19. The number of hydrogen-bond donors (Lipinski definition) is 0. The maximum absolute atomic E-state index is 12.0. The number of carbonyl (C=O) groups is 1. The van der Waals surface area contributed by atoms with E-state index in [2.05, 4.69) is 0 Å². The predicted molar refractivity (Wildman–Crippen MR) is 75.9 cm³/mol. The second-order valence-electron chi connectivity index (χ2n) is 4.93. The third kappa shape index (κ3) is 2.31. The van der Waals surface area contributed by atoms with Crippen LogP contribution >= 0.6 is 0 Å². The molecule has 1 saturated heterocycles. The van der Waals surface area contributed by atoms with Gasteiger partial charge in [-0.15, -0.1) is 0 Å². The van der Waals surface area contributed by atoms with Gasteiger partial charge in [0.25, 0.3) is 5.56 Å². The van der Waals surface area contributed by atoms with Crippen LogP contribution in [0.1, 0.15) is 18.9 Å². The number of anilines is 1. The summed E-state index contributed by atoms with van der Waals surface area (Å²) in [5.41, 5.74) is -1.18. The fourth-order valence-electron chi connectivity index (χ4n) is 2.49. The summed E-state index contributed by atoms with van der Waals surface area (Å²) in [5.74, 6) is 0.279. The molecule has 0 radical (unpaired) electrons. The van der Waals surface area contributed by atoms with Crippen LogP contribution < -0.4 is 16.1 Å². The largest absolute Gasteiger partial charge is 0.337 e. The van der Waals surface area contributed by atoms with Crippen LogP contribution in [0.2, 0.25) is 0 Å². The minimum absolute atomic E-state index is 0.00448. The van der Waals surface area contributed by atoms with Crippen molar-refractivity contribution >= 4 is 11.7 Å². The normalized spacial score (nSPS) is 14.4. The Hall–Kier alpha value is -2.56. The first-order valence-corrected chi connectivity index (χ1v) is 6.65. The smallest absolute Gasteiger partial charge is 0.332 e. The summed E-state index contributed by atoms with van der Waals surface area (Å²) in [5, 5.41) is 9.23. The van der Waals surface area contributed by atoms with E-state index in [1.165, 1.54) is 18.7 Å². The van der Waals surface area contributed by atoms with E-state index in [9.17, 15) is 19.6 Å². The van der Waals surface area contributed by atoms with E-state index in [1.807, 2.05) is 6.07 Å². The molecule has 2 rings (SSSR count). The third-order valence-corrected chi connectivity index (χ3v) is 3.68. The van der Waals surface area contributed by atoms with Gasteiger partial charge in [-0.05, 0) is 0 Å². The van der Waals surface area contributed by atoms with Crippen molar-refractivity contribution in [2.75, 3.05) is 24.7 Å². The Labute approximate surface area is 121 Å². The molecule has 0 bridgehead atoms. The Morgan fingerprint density at radius 1 is 1.24 bits per heavy atom. The monoisotopic (exact) mass is 291 g/mol. The molecule has 0 unspecified atom stereocenters. The molecule has 112 valence electrons. The molecule has 1 fully saturated rings. The van der Waals surface area contributed by atoms with Crippen molar-refractivity contribution < 1.29 is 4.79 Å². The van der Waals surface area contributed by atoms with E-state index < -0.39 is 11.2 Å². The Balaban J connectivity index is 2.52. The molecule has 0 spiro atoms. The second-order valence-corrected chi connectivity index (χ2v) is 4.93. The van der Waals surface area contributed by atoms with Gasteiger partial charge in [-0.25, -0.2) is 4.79 Å². The number of aromatic nitrogens is 2. The highest BCUT2D eigenvalue weighted by atomic mass is 16.2. The molecular formula is C13H17N5O3. The van der Waals surface area contributed by atoms with Crippen LogP contribution in [0.5, 0.6) is 0 Å². The van der Waals surface area contributed by atoms with E-state index in [-0.39, 0.29) is 24.0 Å². The van der Waals surface area contributed by atoms with Gasteiger partial charge < -0.3 is 9.80 Å². The standard InChI is InChI=1S/C13H17N5O3/c1-4-10(19)17-5-6-18(8-17)11-9(7-14)12(20)16(3)13(21)15(11)2/h4-6,8H2,1-3H3. The predicted octanol–water partition coefficient (Wildman–Crippen LogP) is -1.03. The Morgan fingerprint density at radius 2 is 1.90 bits per heavy atom. The molecule has 1 aliphatic heterocycles. The second kappa shape index (κ2) is 5.44. The van der Waals surface area contributed by atoms with E-state index in [4.69, 9.17) is 0 Å². The van der Waals surface area contributed by atoms with Gasteiger partial charge in [0.1, 0.15) is 11.9 Å². The Bertz CT molecular complexity index is 740. The van der Waals surface area contributed by atoms with Crippen molar-refractivity contribution in [3.05, 3.63) is 26.4 Å². The molecule has 2 heterocycles. The summed E-state index contributed by atoms with van der Waals surface area (Å²) in [6.45, 7) is 3.06. The molecule has 0 aliphatic carbocycles. The van der Waals surface area contributed by atoms with E-state index in [1.54, 1.807) is 16.7 Å². The maximum atomic E-state index is 12.0. The Morgan fingerprint density at radius 3 is 2.48 bits per heavy atom. The van der Waals surface area contributed by atoms with Gasteiger partial charge in [0.05, 0.1) is 6.67 Å². The number of nitrogens with zero attached hydrogens (tertiary/aromatic N) is 5. The number of nitriles is 1. The summed E-state index contributed by atoms with van der Waals surface area (Å²) < 4.78 is 2.19. The lowest BCUT2D eigenvalue weighted by Gasteiger charge is -2.22. The highest BCUT2D eigenvalue weighted by molar-refractivity contribution is 5.76. The van der Waals surface area contributed by atoms with Crippen LogP contribution in [-0.2, 0) is 18.9 Å². The highest BCUT2D eigenvalue weighted by Gasteiger charge is 2.28. The zero-order chi connectivity index (χ0) is 15.7. The molecular weight excluding hydrogens is 274 g/mol. The first-order valence-electron chi connectivity index (χ1n) is 6.65. The number of rotatable bonds is 2. The first-order chi connectivity index (χ1) is 9.92. The van der Waals surface area contributed by atoms with Crippen LogP contribution in [0, 0.1) is 11.3 Å². The SMILES string of the molecule is CCC(=O)N1CCN(c2c(C#N)c(=O)n(C)c(=O)n2C)C1. The van der Waals surface area contributed by atoms with Crippen LogP contribution in [-0.4, -0.2) is 39.7 Å². The van der Waals surface area contributed by atoms with Crippen LogP contribution in [0.4, 0.5) is 5.82 Å². The van der Waals surface area contributed by atoms with E-state index in [0.717, 1.165) is 4.57 Å². The summed E-state index contributed by atoms with van der Waals surface area (Å²) in [4.78, 5) is 39.1. The van der Waals surface area contributed by atoms with E-state index in [0.29, 0.717) is 19.5 Å². The summed E-state index contributed by atoms with van der Waals surface area (Å²) in [6.07, 6.45) is 0.397. The van der Waals surface area contributed by atoms with Gasteiger partial charge in [0.15, 0.2) is 5.56 Å². The molecule has 21 heavy (non-hydrogen) atoms. The lowest BCUT2D eigenvalue weighted by atomic mass is 10.3. The maximum Gasteiger partial charge on any atom is 0.332 e. The number of carbonyl (C=O) groups excluding carboxylic acids is 1. The third-order valence-electron chi connectivity index (χ3n) is 3.68. The molecule has 1 amide bonds. The van der Waals surface area contributed by atoms with Gasteiger partial charge in [0.2, 0.25) is 5.91 Å². The quantitative estimate of drug-likeness (QED) is 0.695. The van der Waals surface area contributed by atoms with E-state index >= 15 is 0 Å². The van der Waals surface area contributed by atoms with Gasteiger partial charge in [0, 0.05) is 33.6 Å². The van der Waals surface area contributed by atoms with Crippen LogP contribution in [0.15, 0.2) is 9.59 Å². The molecule has 0 atom stereocenters. The van der Waals surface area contributed by atoms with Gasteiger partial charge in [-0.1, -0.05) is 6.92 Å². The number of amides is 1. The summed E-state index contributed by atoms with van der Waals surface area (Å²) >= 11 is 0. The lowest BCUT2D eigenvalue weighted by molar-refractivity contribution is -0.129. The van der Waals surface area contributed by atoms with Crippen LogP contribution in [0.3, 0.4) is 0 Å². The van der Waals surface area contributed by atoms with Crippen molar-refractivity contribution in [3.63, 3.8) is 0 Å². The summed E-state index contributed by atoms with van der Waals surface area (Å²) in [6, 6.07) is 1.87. The molecule has 1 aromatic rings. The van der Waals surface area contributed by atoms with Crippen molar-refractivity contribution in [2.24, 2.45) is 14.1 Å². The molecule has 8 heteroatoms. The lowest BCUT2D eigenvalue weighted by Crippen LogP contribution is -2.42. The molecule has 0 aromatic carbocycles. The van der Waals surface area contributed by atoms with Gasteiger partial charge in [-0.3, -0.25) is 18.7 Å². The van der Waals surface area contributed by atoms with Gasteiger partial charge >= 0.3 is 5.69 Å². The summed E-state index contributed by atoms with van der Waals surface area (Å²) in [7, 11) is 2.86. The molecule has 1 aliphatic rings. The fraction of sp³-hybridized carbons (Fsp3) is 0.538. The first kappa shape index (κ1) is 14.8. The van der Waals surface area contributed by atoms with Crippen molar-refractivity contribution in [1.82, 2.24) is 14.0 Å². The van der Waals surface area contributed by atoms with Crippen LogP contribution in [0.25, 0.3) is 0 Å². The minimum Gasteiger partial charge on any atom is -0.337 e. The van der Waals surface area contributed by atoms with Gasteiger partial charge in [-0.2, -0.15) is 5.26 Å². The zero-order valence-electron chi connectivity index (χ0n) is 12.3. The van der Waals surface area contributed by atoms with Crippen molar-refractivity contribution in [1.29, 1.82) is 5.26 Å². The molecule has 0 N–H and O–H groups in total. The zero-order valence-corrected chi connectivity index (χ0v) is 12.3. The molecule has 1 aromatic heterocycles. The Kier molecular flexibility index (Phi) is 3.84. The minimum atomic E-state index is -0.615. The van der Waals surface area contributed by atoms with Crippen molar-refractivity contribution in [2.45, 2.75) is 13.3 Å². The number of hydrogen-bond acceptors (Lipinski definition) is 5. The average molecular weight is 291 g/mol. The fourth-order valence-corrected chi connectivity index (χ4v) is 2.49. The molecule has 0 saturated carbocycles. The average Bonchev–Trinajstić information content (AvgIpc) is 2.97. The van der Waals surface area contributed by atoms with Crippen molar-refractivity contribution in [3.8, 4) is 6.07 Å². The topological polar surface area (TPSA) is 91.3 Å².